The molecule has 1 fully saturated rings. The number of ether oxygens (including phenoxy) is 2. The summed E-state index contributed by atoms with van der Waals surface area (Å²) in [7, 11) is 0. The lowest BCUT2D eigenvalue weighted by Gasteiger charge is -2.24. The summed E-state index contributed by atoms with van der Waals surface area (Å²) in [5.74, 6) is 0.0690. The van der Waals surface area contributed by atoms with E-state index in [9.17, 15) is 9.59 Å². The zero-order valence-corrected chi connectivity index (χ0v) is 15.9. The lowest BCUT2D eigenvalue weighted by Crippen LogP contribution is -2.33. The minimum Gasteiger partial charge on any atom is -0.462 e. The highest BCUT2D eigenvalue weighted by Crippen LogP contribution is 2.21. The summed E-state index contributed by atoms with van der Waals surface area (Å²) >= 11 is 0. The minimum atomic E-state index is -0.617. The Kier molecular flexibility index (Phi) is 6.29. The fourth-order valence-electron chi connectivity index (χ4n) is 3.51. The van der Waals surface area contributed by atoms with Gasteiger partial charge >= 0.3 is 5.97 Å². The van der Waals surface area contributed by atoms with Crippen LogP contribution in [0.4, 0.5) is 0 Å². The van der Waals surface area contributed by atoms with Gasteiger partial charge in [-0.25, -0.2) is 4.79 Å². The number of aromatic nitrogens is 1. The first-order valence-corrected chi connectivity index (χ1v) is 9.50. The van der Waals surface area contributed by atoms with Crippen LogP contribution in [-0.2, 0) is 11.3 Å². The first-order chi connectivity index (χ1) is 13.1. The molecule has 2 aromatic rings. The average molecular weight is 370 g/mol. The largest absolute Gasteiger partial charge is 0.462 e. The molecule has 1 saturated heterocycles. The SMILES string of the molecule is CCOC(=O)c1cn(C[C@@H]2CCCN2CC)cc(Oc2ccccc2)c1=O. The molecule has 6 heteroatoms. The highest BCUT2D eigenvalue weighted by atomic mass is 16.5. The Morgan fingerprint density at radius 2 is 1.96 bits per heavy atom. The Labute approximate surface area is 159 Å². The second kappa shape index (κ2) is 8.86. The van der Waals surface area contributed by atoms with Crippen molar-refractivity contribution in [1.29, 1.82) is 0 Å². The summed E-state index contributed by atoms with van der Waals surface area (Å²) in [5.41, 5.74) is -0.446. The zero-order chi connectivity index (χ0) is 19.2. The van der Waals surface area contributed by atoms with Gasteiger partial charge in [-0.1, -0.05) is 25.1 Å². The van der Waals surface area contributed by atoms with Gasteiger partial charge in [-0.15, -0.1) is 0 Å². The highest BCUT2D eigenvalue weighted by Gasteiger charge is 2.24. The van der Waals surface area contributed by atoms with Crippen LogP contribution in [0.15, 0.2) is 47.5 Å². The van der Waals surface area contributed by atoms with Gasteiger partial charge in [-0.3, -0.25) is 9.69 Å². The van der Waals surface area contributed by atoms with E-state index in [-0.39, 0.29) is 17.9 Å². The summed E-state index contributed by atoms with van der Waals surface area (Å²) in [4.78, 5) is 27.4. The van der Waals surface area contributed by atoms with Crippen molar-refractivity contribution in [2.24, 2.45) is 0 Å². The summed E-state index contributed by atoms with van der Waals surface area (Å²) in [5, 5.41) is 0. The molecule has 1 aliphatic heterocycles. The van der Waals surface area contributed by atoms with Gasteiger partial charge in [0.2, 0.25) is 5.43 Å². The summed E-state index contributed by atoms with van der Waals surface area (Å²) < 4.78 is 12.7. The van der Waals surface area contributed by atoms with Gasteiger partial charge < -0.3 is 14.0 Å². The minimum absolute atomic E-state index is 0.00586. The number of likely N-dealkylation sites (tertiary alicyclic amines) is 1. The van der Waals surface area contributed by atoms with Crippen LogP contribution in [0.1, 0.15) is 37.0 Å². The Bertz CT molecular complexity index is 832. The maximum absolute atomic E-state index is 12.7. The molecule has 0 aliphatic carbocycles. The smallest absolute Gasteiger partial charge is 0.343 e. The molecule has 1 aliphatic rings. The third-order valence-electron chi connectivity index (χ3n) is 4.84. The predicted octanol–water partition coefficient (Wildman–Crippen LogP) is 3.30. The summed E-state index contributed by atoms with van der Waals surface area (Å²) in [6.45, 7) is 6.86. The number of carbonyl (C=O) groups is 1. The first kappa shape index (κ1) is 19.2. The van der Waals surface area contributed by atoms with E-state index < -0.39 is 11.4 Å². The molecule has 0 amide bonds. The Morgan fingerprint density at radius 3 is 2.67 bits per heavy atom. The number of rotatable bonds is 7. The highest BCUT2D eigenvalue weighted by molar-refractivity contribution is 5.89. The van der Waals surface area contributed by atoms with Crippen LogP contribution >= 0.6 is 0 Å². The molecule has 0 unspecified atom stereocenters. The Hall–Kier alpha value is -2.60. The van der Waals surface area contributed by atoms with Gasteiger partial charge in [0, 0.05) is 18.8 Å². The van der Waals surface area contributed by atoms with Gasteiger partial charge in [-0.05, 0) is 45.0 Å². The lowest BCUT2D eigenvalue weighted by molar-refractivity contribution is 0.0523. The molecule has 1 aromatic carbocycles. The number of hydrogen-bond donors (Lipinski definition) is 0. The van der Waals surface area contributed by atoms with Crippen molar-refractivity contribution in [2.45, 2.75) is 39.3 Å². The number of para-hydroxylation sites is 1. The van der Waals surface area contributed by atoms with Crippen molar-refractivity contribution in [1.82, 2.24) is 9.47 Å². The normalized spacial score (nSPS) is 17.0. The molecular formula is C21H26N2O4. The number of likely N-dealkylation sites (N-methyl/N-ethyl adjacent to an activating group) is 1. The molecule has 0 bridgehead atoms. The van der Waals surface area contributed by atoms with Gasteiger partial charge in [0.1, 0.15) is 11.3 Å². The van der Waals surface area contributed by atoms with Crippen LogP contribution in [0.25, 0.3) is 0 Å². The van der Waals surface area contributed by atoms with Crippen LogP contribution in [-0.4, -0.2) is 41.2 Å². The van der Waals surface area contributed by atoms with E-state index in [1.807, 2.05) is 22.8 Å². The lowest BCUT2D eigenvalue weighted by atomic mass is 10.2. The second-order valence-corrected chi connectivity index (χ2v) is 6.62. The van der Waals surface area contributed by atoms with E-state index in [1.165, 1.54) is 0 Å². The fraction of sp³-hybridized carbons (Fsp3) is 0.429. The molecule has 1 atom stereocenters. The van der Waals surface area contributed by atoms with E-state index in [0.717, 1.165) is 25.9 Å². The number of hydrogen-bond acceptors (Lipinski definition) is 5. The van der Waals surface area contributed by atoms with E-state index >= 15 is 0 Å². The quantitative estimate of drug-likeness (QED) is 0.700. The Morgan fingerprint density at radius 1 is 1.19 bits per heavy atom. The summed E-state index contributed by atoms with van der Waals surface area (Å²) in [6.07, 6.45) is 5.54. The maximum atomic E-state index is 12.7. The van der Waals surface area contributed by atoms with Crippen molar-refractivity contribution >= 4 is 5.97 Å². The van der Waals surface area contributed by atoms with E-state index in [1.54, 1.807) is 31.5 Å². The van der Waals surface area contributed by atoms with Crippen LogP contribution in [0.5, 0.6) is 11.5 Å². The fourth-order valence-corrected chi connectivity index (χ4v) is 3.51. The standard InChI is InChI=1S/C21H26N2O4/c1-3-23-12-8-9-16(23)13-22-14-18(21(25)26-4-2)20(24)19(15-22)27-17-10-6-5-7-11-17/h5-7,10-11,14-16H,3-4,8-9,12-13H2,1-2H3/t16-/m0/s1. The number of benzene rings is 1. The van der Waals surface area contributed by atoms with Gasteiger partial charge in [0.25, 0.3) is 0 Å². The molecule has 0 radical (unpaired) electrons. The monoisotopic (exact) mass is 370 g/mol. The Balaban J connectivity index is 1.94. The van der Waals surface area contributed by atoms with Gasteiger partial charge in [-0.2, -0.15) is 0 Å². The third kappa shape index (κ3) is 4.57. The van der Waals surface area contributed by atoms with Crippen LogP contribution < -0.4 is 10.2 Å². The van der Waals surface area contributed by atoms with Crippen molar-refractivity contribution in [3.8, 4) is 11.5 Å². The van der Waals surface area contributed by atoms with Crippen molar-refractivity contribution in [2.75, 3.05) is 19.7 Å². The maximum Gasteiger partial charge on any atom is 0.343 e. The molecule has 6 nitrogen and oxygen atoms in total. The molecule has 3 rings (SSSR count). The topological polar surface area (TPSA) is 60.8 Å². The first-order valence-electron chi connectivity index (χ1n) is 9.50. The van der Waals surface area contributed by atoms with E-state index in [0.29, 0.717) is 18.3 Å². The summed E-state index contributed by atoms with van der Waals surface area (Å²) in [6, 6.07) is 9.48. The molecule has 0 N–H and O–H groups in total. The molecular weight excluding hydrogens is 344 g/mol. The molecule has 0 spiro atoms. The second-order valence-electron chi connectivity index (χ2n) is 6.62. The van der Waals surface area contributed by atoms with Crippen molar-refractivity contribution in [3.63, 3.8) is 0 Å². The van der Waals surface area contributed by atoms with Gasteiger partial charge in [0.15, 0.2) is 5.75 Å². The predicted molar refractivity (Wildman–Crippen MR) is 103 cm³/mol. The van der Waals surface area contributed by atoms with Crippen LogP contribution in [0.2, 0.25) is 0 Å². The van der Waals surface area contributed by atoms with Crippen molar-refractivity contribution < 1.29 is 14.3 Å². The molecule has 1 aromatic heterocycles. The zero-order valence-electron chi connectivity index (χ0n) is 15.9. The molecule has 144 valence electrons. The average Bonchev–Trinajstić information content (AvgIpc) is 3.12. The van der Waals surface area contributed by atoms with E-state index in [4.69, 9.17) is 9.47 Å². The van der Waals surface area contributed by atoms with Crippen LogP contribution in [0.3, 0.4) is 0 Å². The number of nitrogens with zero attached hydrogens (tertiary/aromatic N) is 2. The number of esters is 1. The number of pyridine rings is 1. The molecule has 0 saturated carbocycles. The van der Waals surface area contributed by atoms with Crippen LogP contribution in [0, 0.1) is 0 Å². The third-order valence-corrected chi connectivity index (χ3v) is 4.84. The van der Waals surface area contributed by atoms with Crippen molar-refractivity contribution in [3.05, 3.63) is 58.5 Å². The van der Waals surface area contributed by atoms with Gasteiger partial charge in [0.05, 0.1) is 12.8 Å². The number of carbonyl (C=O) groups excluding carboxylic acids is 1. The van der Waals surface area contributed by atoms with E-state index in [2.05, 4.69) is 11.8 Å². The molecule has 2 heterocycles. The molecule has 27 heavy (non-hydrogen) atoms.